The van der Waals surface area contributed by atoms with Crippen LogP contribution in [0.3, 0.4) is 0 Å². The fraction of sp³-hybridized carbons (Fsp3) is 0.364. The van der Waals surface area contributed by atoms with E-state index in [1.807, 2.05) is 38.1 Å². The lowest BCUT2D eigenvalue weighted by molar-refractivity contribution is 0.134. The molecule has 0 saturated carbocycles. The van der Waals surface area contributed by atoms with Crippen LogP contribution in [-0.4, -0.2) is 12.1 Å². The van der Waals surface area contributed by atoms with E-state index >= 15 is 0 Å². The van der Waals surface area contributed by atoms with Crippen molar-refractivity contribution in [2.75, 3.05) is 0 Å². The number of aryl methyl sites for hydroxylation is 1. The van der Waals surface area contributed by atoms with Gasteiger partial charge >= 0.3 is 6.09 Å². The molecule has 0 radical (unpaired) electrons. The zero-order valence-electron chi connectivity index (χ0n) is 8.28. The van der Waals surface area contributed by atoms with E-state index in [0.29, 0.717) is 0 Å². The predicted octanol–water partition coefficient (Wildman–Crippen LogP) is 2.16. The van der Waals surface area contributed by atoms with Crippen molar-refractivity contribution in [3.8, 4) is 0 Å². The maximum atomic E-state index is 11.0. The van der Waals surface area contributed by atoms with Crippen molar-refractivity contribution >= 4 is 6.09 Å². The molecule has 2 rings (SSSR count). The van der Waals surface area contributed by atoms with Gasteiger partial charge in [0.05, 0.1) is 6.04 Å². The first-order valence-electron chi connectivity index (χ1n) is 4.70. The van der Waals surface area contributed by atoms with Crippen LogP contribution in [0.2, 0.25) is 0 Å². The summed E-state index contributed by atoms with van der Waals surface area (Å²) >= 11 is 0. The van der Waals surface area contributed by atoms with Gasteiger partial charge in [-0.05, 0) is 19.4 Å². The molecule has 3 nitrogen and oxygen atoms in total. The van der Waals surface area contributed by atoms with E-state index in [1.165, 1.54) is 5.56 Å². The van der Waals surface area contributed by atoms with Crippen molar-refractivity contribution in [3.05, 3.63) is 35.4 Å². The van der Waals surface area contributed by atoms with E-state index < -0.39 is 0 Å². The van der Waals surface area contributed by atoms with Crippen molar-refractivity contribution in [1.29, 1.82) is 0 Å². The minimum atomic E-state index is -0.330. The highest BCUT2D eigenvalue weighted by Crippen LogP contribution is 2.25. The van der Waals surface area contributed by atoms with Gasteiger partial charge in [0.2, 0.25) is 0 Å². The first-order chi connectivity index (χ1) is 6.66. The normalized spacial score (nSPS) is 25.7. The Bertz CT molecular complexity index is 345. The Morgan fingerprint density at radius 2 is 1.93 bits per heavy atom. The molecule has 1 saturated heterocycles. The zero-order chi connectivity index (χ0) is 10.1. The number of hydrogen-bond donors (Lipinski definition) is 1. The molecule has 3 heteroatoms. The van der Waals surface area contributed by atoms with Crippen molar-refractivity contribution in [1.82, 2.24) is 5.32 Å². The number of alkyl carbamates (subject to hydrolysis) is 1. The van der Waals surface area contributed by atoms with Crippen LogP contribution in [-0.2, 0) is 4.74 Å². The third-order valence-electron chi connectivity index (χ3n) is 2.44. The fourth-order valence-electron chi connectivity index (χ4n) is 1.63. The van der Waals surface area contributed by atoms with Gasteiger partial charge in [-0.15, -0.1) is 0 Å². The van der Waals surface area contributed by atoms with Crippen molar-refractivity contribution < 1.29 is 9.53 Å². The molecule has 0 aliphatic carbocycles. The lowest BCUT2D eigenvalue weighted by Crippen LogP contribution is -2.23. The maximum Gasteiger partial charge on any atom is 0.408 e. The van der Waals surface area contributed by atoms with E-state index in [0.717, 1.165) is 5.56 Å². The number of cyclic esters (lactones) is 1. The molecule has 2 unspecified atom stereocenters. The van der Waals surface area contributed by atoms with Crippen molar-refractivity contribution in [3.63, 3.8) is 0 Å². The standard InChI is InChI=1S/C11H13NO2/c1-7-3-5-9(6-4-7)10-8(2)12-11(13)14-10/h3-6,8,10H,1-2H3,(H,12,13). The van der Waals surface area contributed by atoms with Gasteiger partial charge in [-0.25, -0.2) is 4.79 Å². The van der Waals surface area contributed by atoms with Crippen LogP contribution < -0.4 is 5.32 Å². The number of rotatable bonds is 1. The van der Waals surface area contributed by atoms with Gasteiger partial charge in [-0.2, -0.15) is 0 Å². The third-order valence-corrected chi connectivity index (χ3v) is 2.44. The minimum Gasteiger partial charge on any atom is -0.439 e. The second-order valence-corrected chi connectivity index (χ2v) is 3.67. The van der Waals surface area contributed by atoms with E-state index in [-0.39, 0.29) is 18.2 Å². The molecule has 1 fully saturated rings. The summed E-state index contributed by atoms with van der Waals surface area (Å²) in [7, 11) is 0. The van der Waals surface area contributed by atoms with Crippen molar-refractivity contribution in [2.45, 2.75) is 26.0 Å². The molecule has 1 aliphatic rings. The molecule has 0 aromatic heterocycles. The Morgan fingerprint density at radius 3 is 2.43 bits per heavy atom. The summed E-state index contributed by atoms with van der Waals surface area (Å²) < 4.78 is 5.15. The Morgan fingerprint density at radius 1 is 1.29 bits per heavy atom. The summed E-state index contributed by atoms with van der Waals surface area (Å²) in [5.41, 5.74) is 2.25. The quantitative estimate of drug-likeness (QED) is 0.738. The number of ether oxygens (including phenoxy) is 1. The van der Waals surface area contributed by atoms with Crippen LogP contribution >= 0.6 is 0 Å². The summed E-state index contributed by atoms with van der Waals surface area (Å²) in [5, 5.41) is 2.72. The number of hydrogen-bond acceptors (Lipinski definition) is 2. The number of benzene rings is 1. The molecule has 1 heterocycles. The Kier molecular flexibility index (Phi) is 2.15. The molecular formula is C11H13NO2. The molecule has 1 aromatic carbocycles. The molecular weight excluding hydrogens is 178 g/mol. The van der Waals surface area contributed by atoms with Crippen LogP contribution in [0.15, 0.2) is 24.3 Å². The number of amides is 1. The third kappa shape index (κ3) is 1.58. The first-order valence-corrected chi connectivity index (χ1v) is 4.70. The number of nitrogens with one attached hydrogen (secondary N) is 1. The Hall–Kier alpha value is -1.51. The van der Waals surface area contributed by atoms with Crippen LogP contribution in [0.1, 0.15) is 24.2 Å². The maximum absolute atomic E-state index is 11.0. The molecule has 1 amide bonds. The van der Waals surface area contributed by atoms with Crippen LogP contribution in [0.25, 0.3) is 0 Å². The molecule has 14 heavy (non-hydrogen) atoms. The number of carbonyl (C=O) groups is 1. The number of carbonyl (C=O) groups excluding carboxylic acids is 1. The molecule has 2 atom stereocenters. The minimum absolute atomic E-state index is 0.0465. The van der Waals surface area contributed by atoms with Gasteiger partial charge in [0.1, 0.15) is 6.10 Å². The SMILES string of the molecule is Cc1ccc(C2OC(=O)NC2C)cc1. The van der Waals surface area contributed by atoms with Gasteiger partial charge in [0.25, 0.3) is 0 Å². The van der Waals surface area contributed by atoms with E-state index in [1.54, 1.807) is 0 Å². The van der Waals surface area contributed by atoms with Crippen molar-refractivity contribution in [2.24, 2.45) is 0 Å². The average molecular weight is 191 g/mol. The van der Waals surface area contributed by atoms with Gasteiger partial charge < -0.3 is 10.1 Å². The van der Waals surface area contributed by atoms with Gasteiger partial charge in [0, 0.05) is 0 Å². The summed E-state index contributed by atoms with van der Waals surface area (Å²) in [6.07, 6.45) is -0.480. The summed E-state index contributed by atoms with van der Waals surface area (Å²) in [4.78, 5) is 11.0. The largest absolute Gasteiger partial charge is 0.439 e. The average Bonchev–Trinajstić information content (AvgIpc) is 2.47. The molecule has 74 valence electrons. The van der Waals surface area contributed by atoms with Crippen LogP contribution in [0.5, 0.6) is 0 Å². The molecule has 1 aliphatic heterocycles. The van der Waals surface area contributed by atoms with E-state index in [2.05, 4.69) is 5.32 Å². The molecule has 0 spiro atoms. The Balaban J connectivity index is 2.23. The molecule has 1 N–H and O–H groups in total. The summed E-state index contributed by atoms with van der Waals surface area (Å²) in [5.74, 6) is 0. The van der Waals surface area contributed by atoms with Gasteiger partial charge in [0.15, 0.2) is 0 Å². The van der Waals surface area contributed by atoms with Gasteiger partial charge in [-0.1, -0.05) is 29.8 Å². The van der Waals surface area contributed by atoms with Crippen LogP contribution in [0.4, 0.5) is 4.79 Å². The highest BCUT2D eigenvalue weighted by molar-refractivity contribution is 5.70. The fourth-order valence-corrected chi connectivity index (χ4v) is 1.63. The zero-order valence-corrected chi connectivity index (χ0v) is 8.28. The first kappa shape index (κ1) is 9.06. The monoisotopic (exact) mass is 191 g/mol. The highest BCUT2D eigenvalue weighted by Gasteiger charge is 2.31. The second-order valence-electron chi connectivity index (χ2n) is 3.67. The smallest absolute Gasteiger partial charge is 0.408 e. The topological polar surface area (TPSA) is 38.3 Å². The van der Waals surface area contributed by atoms with E-state index in [9.17, 15) is 4.79 Å². The van der Waals surface area contributed by atoms with Crippen LogP contribution in [0, 0.1) is 6.92 Å². The summed E-state index contributed by atoms with van der Waals surface area (Å²) in [6.45, 7) is 3.97. The lowest BCUT2D eigenvalue weighted by Gasteiger charge is -2.12. The van der Waals surface area contributed by atoms with Gasteiger partial charge in [-0.3, -0.25) is 0 Å². The predicted molar refractivity (Wildman–Crippen MR) is 53.0 cm³/mol. The Labute approximate surface area is 83.1 Å². The lowest BCUT2D eigenvalue weighted by atomic mass is 10.0. The molecule has 0 bridgehead atoms. The summed E-state index contributed by atoms with van der Waals surface area (Å²) in [6, 6.07) is 8.08. The van der Waals surface area contributed by atoms with E-state index in [4.69, 9.17) is 4.74 Å². The molecule has 1 aromatic rings. The second kappa shape index (κ2) is 3.33. The highest BCUT2D eigenvalue weighted by atomic mass is 16.6.